The second-order valence-electron chi connectivity index (χ2n) is 7.23. The monoisotopic (exact) mass is 401 g/mol. The van der Waals surface area contributed by atoms with Crippen LogP contribution in [0.3, 0.4) is 0 Å². The topological polar surface area (TPSA) is 75.4 Å². The minimum atomic E-state index is -0.00412. The van der Waals surface area contributed by atoms with Crippen LogP contribution in [-0.4, -0.2) is 73.9 Å². The van der Waals surface area contributed by atoms with Gasteiger partial charge in [-0.05, 0) is 26.0 Å². The molecule has 1 aromatic heterocycles. The summed E-state index contributed by atoms with van der Waals surface area (Å²) < 4.78 is 16.4. The van der Waals surface area contributed by atoms with E-state index in [4.69, 9.17) is 14.0 Å². The van der Waals surface area contributed by atoms with Gasteiger partial charge in [0, 0.05) is 51.9 Å². The number of aromatic nitrogens is 1. The third-order valence-electron chi connectivity index (χ3n) is 4.87. The fraction of sp³-hybridized carbons (Fsp3) is 0.524. The van der Waals surface area contributed by atoms with Crippen molar-refractivity contribution in [1.82, 2.24) is 20.3 Å². The van der Waals surface area contributed by atoms with E-state index < -0.39 is 0 Å². The molecule has 0 radical (unpaired) electrons. The lowest BCUT2D eigenvalue weighted by atomic mass is 10.3. The van der Waals surface area contributed by atoms with Crippen molar-refractivity contribution in [3.8, 4) is 11.5 Å². The number of nitrogens with one attached hydrogen (secondary N) is 1. The lowest BCUT2D eigenvalue weighted by molar-refractivity contribution is 0.167. The Morgan fingerprint density at radius 3 is 2.66 bits per heavy atom. The molecule has 29 heavy (non-hydrogen) atoms. The van der Waals surface area contributed by atoms with E-state index in [1.54, 1.807) is 7.11 Å². The van der Waals surface area contributed by atoms with Crippen molar-refractivity contribution in [1.29, 1.82) is 0 Å². The fourth-order valence-electron chi connectivity index (χ4n) is 3.36. The van der Waals surface area contributed by atoms with Crippen molar-refractivity contribution in [2.45, 2.75) is 26.5 Å². The van der Waals surface area contributed by atoms with Crippen LogP contribution < -0.4 is 14.8 Å². The molecule has 0 amide bonds. The number of guanidine groups is 1. The number of aryl methyl sites for hydroxylation is 1. The van der Waals surface area contributed by atoms with Gasteiger partial charge in [-0.2, -0.15) is 0 Å². The lowest BCUT2D eigenvalue weighted by Gasteiger charge is -2.36. The van der Waals surface area contributed by atoms with E-state index in [1.807, 2.05) is 51.2 Å². The Labute approximate surface area is 172 Å². The molecule has 8 nitrogen and oxygen atoms in total. The van der Waals surface area contributed by atoms with Crippen molar-refractivity contribution < 1.29 is 14.0 Å². The average Bonchev–Trinajstić information content (AvgIpc) is 3.14. The number of piperazine rings is 1. The molecule has 2 aromatic rings. The molecule has 3 rings (SSSR count). The Kier molecular flexibility index (Phi) is 7.35. The first-order chi connectivity index (χ1) is 14.1. The van der Waals surface area contributed by atoms with Gasteiger partial charge < -0.3 is 24.2 Å². The molecular weight excluding hydrogens is 370 g/mol. The molecule has 1 aromatic carbocycles. The van der Waals surface area contributed by atoms with Crippen LogP contribution in [0, 0.1) is 6.92 Å². The highest BCUT2D eigenvalue weighted by atomic mass is 16.5. The van der Waals surface area contributed by atoms with Crippen molar-refractivity contribution in [2.24, 2.45) is 4.99 Å². The van der Waals surface area contributed by atoms with Gasteiger partial charge >= 0.3 is 0 Å². The lowest BCUT2D eigenvalue weighted by Crippen LogP contribution is -2.53. The number of ether oxygens (including phenoxy) is 2. The molecule has 1 aliphatic heterocycles. The van der Waals surface area contributed by atoms with Gasteiger partial charge in [-0.25, -0.2) is 0 Å². The van der Waals surface area contributed by atoms with Crippen LogP contribution >= 0.6 is 0 Å². The maximum absolute atomic E-state index is 5.98. The number of nitrogens with zero attached hydrogens (tertiary/aromatic N) is 4. The maximum atomic E-state index is 5.98. The van der Waals surface area contributed by atoms with E-state index in [9.17, 15) is 0 Å². The molecule has 1 atom stereocenters. The van der Waals surface area contributed by atoms with Gasteiger partial charge in [0.2, 0.25) is 0 Å². The summed E-state index contributed by atoms with van der Waals surface area (Å²) in [6.07, 6.45) is -0.00412. The standard InChI is InChI=1S/C21H31N5O3/c1-16-12-18(24-29-16)15-25-8-10-26(11-9-25)21(22-3)23-14-17(2)28-20-7-5-6-19(13-20)27-4/h5-7,12-13,17H,8-11,14-15H2,1-4H3,(H,22,23). The fourth-order valence-corrected chi connectivity index (χ4v) is 3.36. The summed E-state index contributed by atoms with van der Waals surface area (Å²) in [6.45, 7) is 9.21. The highest BCUT2D eigenvalue weighted by molar-refractivity contribution is 5.80. The summed E-state index contributed by atoms with van der Waals surface area (Å²) in [4.78, 5) is 9.11. The van der Waals surface area contributed by atoms with Gasteiger partial charge in [0.1, 0.15) is 23.4 Å². The van der Waals surface area contributed by atoms with E-state index in [0.29, 0.717) is 6.54 Å². The van der Waals surface area contributed by atoms with Gasteiger partial charge in [-0.1, -0.05) is 11.2 Å². The zero-order chi connectivity index (χ0) is 20.6. The molecule has 0 saturated carbocycles. The smallest absolute Gasteiger partial charge is 0.193 e. The van der Waals surface area contributed by atoms with Crippen LogP contribution in [0.4, 0.5) is 0 Å². The van der Waals surface area contributed by atoms with Gasteiger partial charge in [0.15, 0.2) is 5.96 Å². The number of hydrogen-bond acceptors (Lipinski definition) is 6. The largest absolute Gasteiger partial charge is 0.497 e. The van der Waals surface area contributed by atoms with Gasteiger partial charge in [-0.3, -0.25) is 9.89 Å². The molecule has 1 saturated heterocycles. The maximum Gasteiger partial charge on any atom is 0.193 e. The van der Waals surface area contributed by atoms with Crippen molar-refractivity contribution in [3.05, 3.63) is 41.8 Å². The SMILES string of the molecule is CN=C(NCC(C)Oc1cccc(OC)c1)N1CCN(Cc2cc(C)on2)CC1. The van der Waals surface area contributed by atoms with Crippen molar-refractivity contribution >= 4 is 5.96 Å². The Morgan fingerprint density at radius 2 is 2.00 bits per heavy atom. The first-order valence-electron chi connectivity index (χ1n) is 9.98. The summed E-state index contributed by atoms with van der Waals surface area (Å²) in [7, 11) is 3.47. The molecule has 1 fully saturated rings. The Bertz CT molecular complexity index is 799. The Hall–Kier alpha value is -2.74. The zero-order valence-corrected chi connectivity index (χ0v) is 17.7. The van der Waals surface area contributed by atoms with E-state index in [2.05, 4.69) is 25.3 Å². The molecule has 0 spiro atoms. The molecule has 1 aliphatic rings. The van der Waals surface area contributed by atoms with E-state index in [-0.39, 0.29) is 6.10 Å². The van der Waals surface area contributed by atoms with E-state index in [0.717, 1.165) is 61.6 Å². The number of hydrogen-bond donors (Lipinski definition) is 1. The van der Waals surface area contributed by atoms with Crippen LogP contribution in [0.2, 0.25) is 0 Å². The van der Waals surface area contributed by atoms with Gasteiger partial charge in [0.25, 0.3) is 0 Å². The van der Waals surface area contributed by atoms with Crippen LogP contribution in [0.15, 0.2) is 39.8 Å². The summed E-state index contributed by atoms with van der Waals surface area (Å²) >= 11 is 0. The Balaban J connectivity index is 1.43. The third-order valence-corrected chi connectivity index (χ3v) is 4.87. The van der Waals surface area contributed by atoms with Gasteiger partial charge in [0.05, 0.1) is 19.3 Å². The number of benzene rings is 1. The molecule has 8 heteroatoms. The van der Waals surface area contributed by atoms with E-state index >= 15 is 0 Å². The second-order valence-corrected chi connectivity index (χ2v) is 7.23. The minimum Gasteiger partial charge on any atom is -0.497 e. The molecular formula is C21H31N5O3. The normalized spacial score (nSPS) is 16.6. The summed E-state index contributed by atoms with van der Waals surface area (Å²) in [6, 6.07) is 9.65. The Morgan fingerprint density at radius 1 is 1.24 bits per heavy atom. The average molecular weight is 402 g/mol. The summed E-state index contributed by atoms with van der Waals surface area (Å²) in [5.74, 6) is 3.35. The molecule has 1 unspecified atom stereocenters. The third kappa shape index (κ3) is 6.12. The van der Waals surface area contributed by atoms with Crippen molar-refractivity contribution in [2.75, 3.05) is 46.9 Å². The molecule has 2 heterocycles. The summed E-state index contributed by atoms with van der Waals surface area (Å²) in [5, 5.41) is 7.52. The van der Waals surface area contributed by atoms with Crippen LogP contribution in [0.25, 0.3) is 0 Å². The molecule has 0 aliphatic carbocycles. The highest BCUT2D eigenvalue weighted by Gasteiger charge is 2.21. The molecule has 0 bridgehead atoms. The quantitative estimate of drug-likeness (QED) is 0.563. The number of methoxy groups -OCH3 is 1. The van der Waals surface area contributed by atoms with Crippen LogP contribution in [0.5, 0.6) is 11.5 Å². The summed E-state index contributed by atoms with van der Waals surface area (Å²) in [5.41, 5.74) is 0.988. The van der Waals surface area contributed by atoms with Gasteiger partial charge in [-0.15, -0.1) is 0 Å². The second kappa shape index (κ2) is 10.2. The number of rotatable bonds is 7. The van der Waals surface area contributed by atoms with Crippen LogP contribution in [0.1, 0.15) is 18.4 Å². The first-order valence-corrected chi connectivity index (χ1v) is 9.98. The molecule has 1 N–H and O–H groups in total. The van der Waals surface area contributed by atoms with Crippen molar-refractivity contribution in [3.63, 3.8) is 0 Å². The van der Waals surface area contributed by atoms with E-state index in [1.165, 1.54) is 0 Å². The zero-order valence-electron chi connectivity index (χ0n) is 17.7. The number of aliphatic imine (C=N–C) groups is 1. The predicted molar refractivity (Wildman–Crippen MR) is 113 cm³/mol. The minimum absolute atomic E-state index is 0.00412. The molecule has 158 valence electrons. The predicted octanol–water partition coefficient (Wildman–Crippen LogP) is 2.15. The van der Waals surface area contributed by atoms with Crippen LogP contribution in [-0.2, 0) is 6.54 Å². The first kappa shape index (κ1) is 21.0. The highest BCUT2D eigenvalue weighted by Crippen LogP contribution is 2.19.